The molecule has 6 N–H and O–H groups in total. The van der Waals surface area contributed by atoms with E-state index in [1.165, 1.54) is 6.42 Å². The molecule has 4 heteroatoms. The van der Waals surface area contributed by atoms with Crippen LogP contribution < -0.4 is 11.5 Å². The van der Waals surface area contributed by atoms with E-state index < -0.39 is 0 Å². The zero-order chi connectivity index (χ0) is 15.3. The van der Waals surface area contributed by atoms with Gasteiger partial charge in [-0.3, -0.25) is 0 Å². The van der Waals surface area contributed by atoms with E-state index in [-0.39, 0.29) is 18.8 Å². The van der Waals surface area contributed by atoms with Crippen LogP contribution in [0.1, 0.15) is 59.8 Å². The van der Waals surface area contributed by atoms with Crippen molar-refractivity contribution >= 4 is 0 Å². The maximum atomic E-state index is 8.98. The van der Waals surface area contributed by atoms with Crippen molar-refractivity contribution in [2.24, 2.45) is 23.3 Å². The predicted octanol–water partition coefficient (Wildman–Crippen LogP) is 1.87. The molecule has 2 atom stereocenters. The fourth-order valence-corrected chi connectivity index (χ4v) is 1.52. The first-order chi connectivity index (χ1) is 8.83. The van der Waals surface area contributed by atoms with E-state index in [1.54, 1.807) is 0 Å². The molecule has 0 aromatic rings. The lowest BCUT2D eigenvalue weighted by Gasteiger charge is -2.08. The summed E-state index contributed by atoms with van der Waals surface area (Å²) in [4.78, 5) is 0. The van der Waals surface area contributed by atoms with Gasteiger partial charge in [0, 0.05) is 12.6 Å². The average Bonchev–Trinajstić information content (AvgIpc) is 2.35. The lowest BCUT2D eigenvalue weighted by atomic mass is 10.0. The van der Waals surface area contributed by atoms with Crippen molar-refractivity contribution in [2.45, 2.75) is 71.9 Å². The first-order valence-corrected chi connectivity index (χ1v) is 7.57. The Hall–Kier alpha value is -0.160. The van der Waals surface area contributed by atoms with Crippen LogP contribution in [-0.4, -0.2) is 35.5 Å². The van der Waals surface area contributed by atoms with Gasteiger partial charge >= 0.3 is 0 Å². The molecule has 0 radical (unpaired) electrons. The van der Waals surface area contributed by atoms with Gasteiger partial charge in [0.25, 0.3) is 0 Å². The van der Waals surface area contributed by atoms with Crippen LogP contribution in [0.4, 0.5) is 0 Å². The fourth-order valence-electron chi connectivity index (χ4n) is 1.52. The number of hydrogen-bond acceptors (Lipinski definition) is 4. The highest BCUT2D eigenvalue weighted by Gasteiger charge is 2.01. The smallest absolute Gasteiger partial charge is 0.0662 e. The summed E-state index contributed by atoms with van der Waals surface area (Å²) in [6.45, 7) is 9.20. The molecule has 0 aliphatic heterocycles. The van der Waals surface area contributed by atoms with Crippen molar-refractivity contribution < 1.29 is 10.2 Å². The first-order valence-electron chi connectivity index (χ1n) is 7.57. The number of hydrogen-bond donors (Lipinski definition) is 4. The van der Waals surface area contributed by atoms with Crippen molar-refractivity contribution in [3.63, 3.8) is 0 Å². The highest BCUT2D eigenvalue weighted by atomic mass is 16.3. The molecule has 0 heterocycles. The summed E-state index contributed by atoms with van der Waals surface area (Å²) in [6, 6.07) is -0.00116. The third-order valence-corrected chi connectivity index (χ3v) is 2.94. The van der Waals surface area contributed by atoms with E-state index in [4.69, 9.17) is 21.7 Å². The predicted molar refractivity (Wildman–Crippen MR) is 82.9 cm³/mol. The molecule has 0 spiro atoms. The molecule has 0 aliphatic rings. The van der Waals surface area contributed by atoms with Gasteiger partial charge in [0.15, 0.2) is 0 Å². The molecule has 118 valence electrons. The van der Waals surface area contributed by atoms with Crippen molar-refractivity contribution in [1.29, 1.82) is 0 Å². The van der Waals surface area contributed by atoms with Gasteiger partial charge in [0.1, 0.15) is 0 Å². The number of aliphatic hydroxyl groups excluding tert-OH is 2. The normalized spacial score (nSPS) is 14.2. The highest BCUT2D eigenvalue weighted by Crippen LogP contribution is 2.07. The highest BCUT2D eigenvalue weighted by molar-refractivity contribution is 4.59. The van der Waals surface area contributed by atoms with Gasteiger partial charge in [-0.05, 0) is 31.1 Å². The Labute approximate surface area is 119 Å². The standard InChI is InChI=1S/C8H19NO.C7H17NO/c1-7(2)4-3-5-8(9)6-10;1-6(2)3-4-7(9)5-8/h7-8,10H,3-6,9H2,1-2H3;6-7,9H,3-5,8H2,1-2H3. The molecular formula is C15H36N2O2. The maximum Gasteiger partial charge on any atom is 0.0662 e. The quantitative estimate of drug-likeness (QED) is 0.517. The Kier molecular flexibility index (Phi) is 15.9. The minimum Gasteiger partial charge on any atom is -0.395 e. The minimum absolute atomic E-state index is 0.00116. The third-order valence-electron chi connectivity index (χ3n) is 2.94. The lowest BCUT2D eigenvalue weighted by molar-refractivity contribution is 0.164. The number of rotatable bonds is 9. The Morgan fingerprint density at radius 2 is 1.42 bits per heavy atom. The van der Waals surface area contributed by atoms with Crippen LogP contribution in [0.2, 0.25) is 0 Å². The molecule has 0 rings (SSSR count). The summed E-state index contributed by atoms with van der Waals surface area (Å²) in [5.74, 6) is 1.43. The van der Waals surface area contributed by atoms with Crippen molar-refractivity contribution in [2.75, 3.05) is 13.2 Å². The molecule has 0 saturated heterocycles. The van der Waals surface area contributed by atoms with E-state index in [1.807, 2.05) is 0 Å². The zero-order valence-electron chi connectivity index (χ0n) is 13.3. The van der Waals surface area contributed by atoms with E-state index >= 15 is 0 Å². The molecule has 0 aliphatic carbocycles. The van der Waals surface area contributed by atoms with Gasteiger partial charge in [-0.2, -0.15) is 0 Å². The summed E-state index contributed by atoms with van der Waals surface area (Å²) < 4.78 is 0. The van der Waals surface area contributed by atoms with Crippen molar-refractivity contribution in [3.8, 4) is 0 Å². The van der Waals surface area contributed by atoms with Crippen LogP contribution in [0.3, 0.4) is 0 Å². The molecular weight excluding hydrogens is 240 g/mol. The molecule has 19 heavy (non-hydrogen) atoms. The summed E-state index contributed by atoms with van der Waals surface area (Å²) in [5.41, 5.74) is 10.7. The molecule has 0 aromatic carbocycles. The van der Waals surface area contributed by atoms with Crippen LogP contribution in [0, 0.1) is 11.8 Å². The van der Waals surface area contributed by atoms with E-state index in [9.17, 15) is 0 Å². The Morgan fingerprint density at radius 3 is 1.79 bits per heavy atom. The van der Waals surface area contributed by atoms with E-state index in [0.29, 0.717) is 12.5 Å². The topological polar surface area (TPSA) is 92.5 Å². The number of nitrogens with two attached hydrogens (primary N) is 2. The van der Waals surface area contributed by atoms with Crippen molar-refractivity contribution in [3.05, 3.63) is 0 Å². The monoisotopic (exact) mass is 276 g/mol. The van der Waals surface area contributed by atoms with Crippen LogP contribution in [-0.2, 0) is 0 Å². The second kappa shape index (κ2) is 14.3. The summed E-state index contributed by atoms with van der Waals surface area (Å²) >= 11 is 0. The second-order valence-corrected chi connectivity index (χ2v) is 6.13. The SMILES string of the molecule is CC(C)CCC(O)CN.CC(C)CCCC(N)CO. The molecule has 0 fully saturated rings. The van der Waals surface area contributed by atoms with Crippen LogP contribution >= 0.6 is 0 Å². The summed E-state index contributed by atoms with van der Waals surface area (Å²) in [6.07, 6.45) is 4.93. The summed E-state index contributed by atoms with van der Waals surface area (Å²) in [7, 11) is 0. The second-order valence-electron chi connectivity index (χ2n) is 6.13. The maximum absolute atomic E-state index is 8.98. The lowest BCUT2D eigenvalue weighted by Crippen LogP contribution is -2.23. The molecule has 0 saturated carbocycles. The van der Waals surface area contributed by atoms with Gasteiger partial charge in [0.2, 0.25) is 0 Å². The minimum atomic E-state index is -0.285. The first kappa shape index (κ1) is 21.1. The fraction of sp³-hybridized carbons (Fsp3) is 1.00. The third kappa shape index (κ3) is 20.3. The van der Waals surface area contributed by atoms with Crippen LogP contribution in [0.15, 0.2) is 0 Å². The molecule has 4 nitrogen and oxygen atoms in total. The average molecular weight is 276 g/mol. The molecule has 0 amide bonds. The van der Waals surface area contributed by atoms with Gasteiger partial charge in [-0.1, -0.05) is 40.5 Å². The van der Waals surface area contributed by atoms with Gasteiger partial charge < -0.3 is 21.7 Å². The Balaban J connectivity index is 0. The van der Waals surface area contributed by atoms with Crippen LogP contribution in [0.5, 0.6) is 0 Å². The molecule has 0 bridgehead atoms. The van der Waals surface area contributed by atoms with Gasteiger partial charge in [-0.25, -0.2) is 0 Å². The van der Waals surface area contributed by atoms with Crippen molar-refractivity contribution in [1.82, 2.24) is 0 Å². The Morgan fingerprint density at radius 1 is 0.895 bits per heavy atom. The molecule has 0 aromatic heterocycles. The Bertz CT molecular complexity index is 176. The summed E-state index contributed by atoms with van der Waals surface area (Å²) in [5, 5.41) is 17.6. The number of aliphatic hydroxyl groups is 2. The van der Waals surface area contributed by atoms with Gasteiger partial charge in [0.05, 0.1) is 12.7 Å². The van der Waals surface area contributed by atoms with Crippen LogP contribution in [0.25, 0.3) is 0 Å². The largest absolute Gasteiger partial charge is 0.395 e. The van der Waals surface area contributed by atoms with Gasteiger partial charge in [-0.15, -0.1) is 0 Å². The zero-order valence-corrected chi connectivity index (χ0v) is 13.3. The molecule has 2 unspecified atom stereocenters. The van der Waals surface area contributed by atoms with E-state index in [2.05, 4.69) is 27.7 Å². The van der Waals surface area contributed by atoms with E-state index in [0.717, 1.165) is 31.6 Å².